The lowest BCUT2D eigenvalue weighted by atomic mass is 9.45. The van der Waals surface area contributed by atoms with E-state index < -0.39 is 11.2 Å². The third kappa shape index (κ3) is 3.76. The quantitative estimate of drug-likeness (QED) is 0.650. The summed E-state index contributed by atoms with van der Waals surface area (Å²) in [6.07, 6.45) is 15.0. The highest BCUT2D eigenvalue weighted by Crippen LogP contribution is 2.68. The van der Waals surface area contributed by atoms with Gasteiger partial charge < -0.3 is 10.2 Å². The maximum absolute atomic E-state index is 11.7. The van der Waals surface area contributed by atoms with Crippen molar-refractivity contribution in [1.29, 1.82) is 5.26 Å². The van der Waals surface area contributed by atoms with Crippen LogP contribution in [0.3, 0.4) is 0 Å². The second kappa shape index (κ2) is 7.82. The summed E-state index contributed by atoms with van der Waals surface area (Å²) in [5.41, 5.74) is -0.261. The highest BCUT2D eigenvalue weighted by Gasteiger charge is 2.62. The van der Waals surface area contributed by atoms with Gasteiger partial charge in [-0.15, -0.1) is 0 Å². The normalized spacial score (nSPS) is 46.9. The van der Waals surface area contributed by atoms with Crippen LogP contribution in [0.4, 0.5) is 0 Å². The van der Waals surface area contributed by atoms with E-state index in [4.69, 9.17) is 5.26 Å². The number of hydrogen-bond acceptors (Lipinski definition) is 4. The lowest BCUT2D eigenvalue weighted by molar-refractivity contribution is -0.131. The van der Waals surface area contributed by atoms with Crippen LogP contribution in [0.5, 0.6) is 0 Å². The molecular weight excluding hydrogens is 410 g/mol. The summed E-state index contributed by atoms with van der Waals surface area (Å²) in [7, 11) is 0. The van der Waals surface area contributed by atoms with Crippen molar-refractivity contribution in [3.63, 3.8) is 0 Å². The number of hydrogen-bond donors (Lipinski definition) is 2. The first kappa shape index (κ1) is 23.4. The minimum absolute atomic E-state index is 0.162. The number of fused-ring (bicyclic) bond motifs is 5. The zero-order chi connectivity index (χ0) is 23.6. The van der Waals surface area contributed by atoms with Gasteiger partial charge >= 0.3 is 0 Å². The van der Waals surface area contributed by atoms with E-state index >= 15 is 0 Å². The van der Waals surface area contributed by atoms with Crippen molar-refractivity contribution in [2.45, 2.75) is 110 Å². The highest BCUT2D eigenvalue weighted by molar-refractivity contribution is 5.22. The molecule has 0 aromatic carbocycles. The number of aliphatic hydroxyl groups is 2. The maximum atomic E-state index is 11.7. The van der Waals surface area contributed by atoms with E-state index in [0.29, 0.717) is 23.4 Å². The average molecular weight is 454 g/mol. The number of nitriles is 1. The predicted molar refractivity (Wildman–Crippen MR) is 128 cm³/mol. The van der Waals surface area contributed by atoms with E-state index in [9.17, 15) is 10.2 Å². The third-order valence-corrected chi connectivity index (χ3v) is 11.3. The Morgan fingerprint density at radius 3 is 2.52 bits per heavy atom. The van der Waals surface area contributed by atoms with Crippen molar-refractivity contribution in [1.82, 2.24) is 9.78 Å². The van der Waals surface area contributed by atoms with Crippen LogP contribution < -0.4 is 0 Å². The Hall–Kier alpha value is -1.38. The largest absolute Gasteiger partial charge is 0.390 e. The highest BCUT2D eigenvalue weighted by atomic mass is 16.3. The van der Waals surface area contributed by atoms with Gasteiger partial charge in [0.05, 0.1) is 29.5 Å². The molecule has 0 radical (unpaired) electrons. The molecule has 0 aliphatic heterocycles. The molecule has 0 spiro atoms. The molecule has 1 aromatic heterocycles. The molecule has 1 heterocycles. The van der Waals surface area contributed by atoms with E-state index in [1.54, 1.807) is 17.1 Å². The van der Waals surface area contributed by atoms with Gasteiger partial charge in [-0.25, -0.2) is 0 Å². The molecule has 9 atom stereocenters. The predicted octanol–water partition coefficient (Wildman–Crippen LogP) is 5.31. The summed E-state index contributed by atoms with van der Waals surface area (Å²) in [6.45, 7) is 9.52. The third-order valence-electron chi connectivity index (χ3n) is 11.3. The molecule has 0 unspecified atom stereocenters. The summed E-state index contributed by atoms with van der Waals surface area (Å²) in [5, 5.41) is 36.0. The van der Waals surface area contributed by atoms with Crippen molar-refractivity contribution in [2.24, 2.45) is 40.4 Å². The van der Waals surface area contributed by atoms with Crippen molar-refractivity contribution in [3.05, 3.63) is 18.0 Å². The monoisotopic (exact) mass is 453 g/mol. The molecule has 4 fully saturated rings. The standard InChI is InChI=1S/C28H43N3O2/c1-25(32)11-9-20-5-6-21-22-7-8-24(28(4,33)18-31-17-19(15-29)16-30-31)27(22,3)12-10-23(21)26(20,2)14-13-25/h16-17,20-24,32-33H,5-14,18H2,1-4H3/t20-,21-,22-,23-,24-,25-,26-,27-,28+/m0/s1. The van der Waals surface area contributed by atoms with Gasteiger partial charge in [0, 0.05) is 6.20 Å². The summed E-state index contributed by atoms with van der Waals surface area (Å²) in [4.78, 5) is 0. The summed E-state index contributed by atoms with van der Waals surface area (Å²) >= 11 is 0. The number of rotatable bonds is 3. The molecule has 5 heteroatoms. The van der Waals surface area contributed by atoms with Crippen LogP contribution in [0, 0.1) is 51.8 Å². The fourth-order valence-electron chi connectivity index (χ4n) is 9.51. The Morgan fingerprint density at radius 1 is 1.03 bits per heavy atom. The van der Waals surface area contributed by atoms with Gasteiger partial charge in [-0.2, -0.15) is 10.4 Å². The Kier molecular flexibility index (Phi) is 5.54. The van der Waals surface area contributed by atoms with Crippen LogP contribution >= 0.6 is 0 Å². The van der Waals surface area contributed by atoms with Gasteiger partial charge in [-0.1, -0.05) is 13.8 Å². The van der Waals surface area contributed by atoms with Crippen LogP contribution in [-0.2, 0) is 6.54 Å². The Labute approximate surface area is 199 Å². The van der Waals surface area contributed by atoms with Gasteiger partial charge in [-0.3, -0.25) is 4.68 Å². The molecule has 0 saturated heterocycles. The van der Waals surface area contributed by atoms with Crippen LogP contribution in [-0.4, -0.2) is 31.2 Å². The Bertz CT molecular complexity index is 930. The van der Waals surface area contributed by atoms with E-state index in [0.717, 1.165) is 43.4 Å². The van der Waals surface area contributed by atoms with Crippen LogP contribution in [0.25, 0.3) is 0 Å². The SMILES string of the molecule is C[C@]1(O)CC[C@@H]2CC[C@@H]3[C@H](CC[C@@]4(C)[C@H]3CC[C@@H]4[C@](C)(O)Cn3cc(C#N)cn3)[C@@]2(C)CC1. The number of nitrogens with zero attached hydrogens (tertiary/aromatic N) is 3. The van der Waals surface area contributed by atoms with E-state index in [1.807, 2.05) is 13.8 Å². The summed E-state index contributed by atoms with van der Waals surface area (Å²) in [5.74, 6) is 3.21. The zero-order valence-corrected chi connectivity index (χ0v) is 21.1. The van der Waals surface area contributed by atoms with Crippen molar-refractivity contribution in [2.75, 3.05) is 0 Å². The minimum Gasteiger partial charge on any atom is -0.390 e. The molecule has 4 aliphatic rings. The van der Waals surface area contributed by atoms with Crippen molar-refractivity contribution >= 4 is 0 Å². The van der Waals surface area contributed by atoms with Gasteiger partial charge in [0.15, 0.2) is 0 Å². The molecule has 4 saturated carbocycles. The fourth-order valence-corrected chi connectivity index (χ4v) is 9.51. The molecular formula is C28H43N3O2. The molecule has 5 nitrogen and oxygen atoms in total. The first-order valence-electron chi connectivity index (χ1n) is 13.4. The maximum Gasteiger partial charge on any atom is 0.102 e. The molecule has 0 amide bonds. The first-order chi connectivity index (χ1) is 15.5. The van der Waals surface area contributed by atoms with E-state index in [1.165, 1.54) is 38.5 Å². The van der Waals surface area contributed by atoms with Gasteiger partial charge in [0.25, 0.3) is 0 Å². The molecule has 2 N–H and O–H groups in total. The van der Waals surface area contributed by atoms with Gasteiger partial charge in [-0.05, 0) is 118 Å². The lowest BCUT2D eigenvalue weighted by Crippen LogP contribution is -2.54. The second-order valence-electron chi connectivity index (χ2n) is 13.3. The van der Waals surface area contributed by atoms with Crippen LogP contribution in [0.1, 0.15) is 97.5 Å². The topological polar surface area (TPSA) is 82.1 Å². The smallest absolute Gasteiger partial charge is 0.102 e. The first-order valence-corrected chi connectivity index (χ1v) is 13.4. The fraction of sp³-hybridized carbons (Fsp3) is 0.857. The lowest BCUT2D eigenvalue weighted by Gasteiger charge is -2.60. The van der Waals surface area contributed by atoms with Crippen LogP contribution in [0.2, 0.25) is 0 Å². The second-order valence-corrected chi connectivity index (χ2v) is 13.3. The van der Waals surface area contributed by atoms with Crippen molar-refractivity contribution in [3.8, 4) is 6.07 Å². The van der Waals surface area contributed by atoms with Gasteiger partial charge in [0.2, 0.25) is 0 Å². The van der Waals surface area contributed by atoms with E-state index in [2.05, 4.69) is 25.0 Å². The molecule has 1 aromatic rings. The minimum atomic E-state index is -0.836. The molecule has 4 aliphatic carbocycles. The average Bonchev–Trinajstić information content (AvgIpc) is 3.32. The van der Waals surface area contributed by atoms with Gasteiger partial charge in [0.1, 0.15) is 6.07 Å². The van der Waals surface area contributed by atoms with Crippen molar-refractivity contribution < 1.29 is 10.2 Å². The summed E-state index contributed by atoms with van der Waals surface area (Å²) in [6, 6.07) is 2.14. The molecule has 5 rings (SSSR count). The molecule has 33 heavy (non-hydrogen) atoms. The zero-order valence-electron chi connectivity index (χ0n) is 21.1. The summed E-state index contributed by atoms with van der Waals surface area (Å²) < 4.78 is 1.75. The molecule has 0 bridgehead atoms. The van der Waals surface area contributed by atoms with E-state index in [-0.39, 0.29) is 11.3 Å². The number of aromatic nitrogens is 2. The Balaban J connectivity index is 1.37. The van der Waals surface area contributed by atoms with Crippen LogP contribution in [0.15, 0.2) is 12.4 Å². The molecule has 182 valence electrons. The Morgan fingerprint density at radius 2 is 1.79 bits per heavy atom.